The fourth-order valence-corrected chi connectivity index (χ4v) is 2.61. The minimum absolute atomic E-state index is 0.0473. The summed E-state index contributed by atoms with van der Waals surface area (Å²) in [6, 6.07) is 3.56. The van der Waals surface area contributed by atoms with Gasteiger partial charge in [-0.15, -0.1) is 0 Å². The Bertz CT molecular complexity index is 465. The van der Waals surface area contributed by atoms with Crippen LogP contribution in [0.5, 0.6) is 0 Å². The molecule has 0 radical (unpaired) electrons. The maximum Gasteiger partial charge on any atom is 0.254 e. The molecule has 2 atom stereocenters. The Labute approximate surface area is 111 Å². The number of hydrogen-bond acceptors (Lipinski definition) is 2. The van der Waals surface area contributed by atoms with Crippen molar-refractivity contribution in [2.45, 2.75) is 31.7 Å². The van der Waals surface area contributed by atoms with E-state index in [1.165, 1.54) is 12.1 Å². The molecule has 19 heavy (non-hydrogen) atoms. The van der Waals surface area contributed by atoms with E-state index in [1.807, 2.05) is 0 Å². The molecule has 1 aliphatic rings. The van der Waals surface area contributed by atoms with Crippen LogP contribution >= 0.6 is 0 Å². The second-order valence-electron chi connectivity index (χ2n) is 4.96. The summed E-state index contributed by atoms with van der Waals surface area (Å²) in [6.45, 7) is 0.497. The number of amides is 1. The lowest BCUT2D eigenvalue weighted by atomic mass is 9.84. The van der Waals surface area contributed by atoms with Gasteiger partial charge in [0.25, 0.3) is 5.91 Å². The minimum Gasteiger partial charge on any atom is -0.349 e. The van der Waals surface area contributed by atoms with Crippen LogP contribution in [0.1, 0.15) is 36.0 Å². The van der Waals surface area contributed by atoms with Gasteiger partial charge in [-0.3, -0.25) is 4.79 Å². The van der Waals surface area contributed by atoms with Crippen LogP contribution in [0.4, 0.5) is 8.78 Å². The van der Waals surface area contributed by atoms with Gasteiger partial charge in [-0.1, -0.05) is 18.9 Å². The number of nitrogens with one attached hydrogen (secondary N) is 1. The van der Waals surface area contributed by atoms with E-state index in [2.05, 4.69) is 5.32 Å². The van der Waals surface area contributed by atoms with E-state index in [-0.39, 0.29) is 17.5 Å². The van der Waals surface area contributed by atoms with Gasteiger partial charge in [0.2, 0.25) is 0 Å². The number of carbonyl (C=O) groups is 1. The second kappa shape index (κ2) is 6.10. The van der Waals surface area contributed by atoms with Gasteiger partial charge in [0.15, 0.2) is 11.6 Å². The summed E-state index contributed by atoms with van der Waals surface area (Å²) in [5, 5.41) is 2.78. The number of benzene rings is 1. The SMILES string of the molecule is NCC1CCCCC1NC(=O)c1cccc(F)c1F. The van der Waals surface area contributed by atoms with E-state index in [0.29, 0.717) is 6.54 Å². The molecule has 1 aromatic carbocycles. The van der Waals surface area contributed by atoms with Crippen LogP contribution in [0.2, 0.25) is 0 Å². The van der Waals surface area contributed by atoms with Gasteiger partial charge in [-0.05, 0) is 37.4 Å². The number of carbonyl (C=O) groups excluding carboxylic acids is 1. The molecule has 1 fully saturated rings. The fourth-order valence-electron chi connectivity index (χ4n) is 2.61. The average molecular weight is 268 g/mol. The molecule has 1 amide bonds. The third kappa shape index (κ3) is 3.10. The lowest BCUT2D eigenvalue weighted by Gasteiger charge is -2.31. The summed E-state index contributed by atoms with van der Waals surface area (Å²) in [6.07, 6.45) is 3.92. The Morgan fingerprint density at radius 2 is 2.05 bits per heavy atom. The van der Waals surface area contributed by atoms with E-state index >= 15 is 0 Å². The molecule has 0 heterocycles. The first kappa shape index (κ1) is 13.9. The lowest BCUT2D eigenvalue weighted by molar-refractivity contribution is 0.0903. The predicted octanol–water partition coefficient (Wildman–Crippen LogP) is 2.21. The molecule has 3 nitrogen and oxygen atoms in total. The topological polar surface area (TPSA) is 55.1 Å². The van der Waals surface area contributed by atoms with Crippen LogP contribution in [-0.4, -0.2) is 18.5 Å². The van der Waals surface area contributed by atoms with Gasteiger partial charge in [0.05, 0.1) is 5.56 Å². The quantitative estimate of drug-likeness (QED) is 0.883. The molecule has 2 rings (SSSR count). The van der Waals surface area contributed by atoms with Crippen molar-refractivity contribution in [2.75, 3.05) is 6.54 Å². The molecular weight excluding hydrogens is 250 g/mol. The molecule has 5 heteroatoms. The van der Waals surface area contributed by atoms with Crippen LogP contribution in [0.25, 0.3) is 0 Å². The number of halogens is 2. The second-order valence-corrected chi connectivity index (χ2v) is 4.96. The maximum absolute atomic E-state index is 13.5. The Kier molecular flexibility index (Phi) is 4.47. The lowest BCUT2D eigenvalue weighted by Crippen LogP contribution is -2.45. The molecule has 0 saturated heterocycles. The van der Waals surface area contributed by atoms with Gasteiger partial charge >= 0.3 is 0 Å². The zero-order valence-electron chi connectivity index (χ0n) is 10.7. The zero-order valence-corrected chi connectivity index (χ0v) is 10.7. The van der Waals surface area contributed by atoms with E-state index in [9.17, 15) is 13.6 Å². The Balaban J connectivity index is 2.09. The third-order valence-electron chi connectivity index (χ3n) is 3.72. The highest BCUT2D eigenvalue weighted by atomic mass is 19.2. The summed E-state index contributed by atoms with van der Waals surface area (Å²) < 4.78 is 26.6. The van der Waals surface area contributed by atoms with Gasteiger partial charge < -0.3 is 11.1 Å². The van der Waals surface area contributed by atoms with Gasteiger partial charge in [0, 0.05) is 6.04 Å². The number of rotatable bonds is 3. The predicted molar refractivity (Wildman–Crippen MR) is 68.6 cm³/mol. The standard InChI is InChI=1S/C14H18F2N2O/c15-11-6-3-5-10(13(11)16)14(19)18-12-7-2-1-4-9(12)8-17/h3,5-6,9,12H,1-2,4,7-8,17H2,(H,18,19). The molecule has 0 bridgehead atoms. The van der Waals surface area contributed by atoms with E-state index in [1.54, 1.807) is 0 Å². The molecule has 2 unspecified atom stereocenters. The van der Waals surface area contributed by atoms with Crippen molar-refractivity contribution in [3.63, 3.8) is 0 Å². The molecular formula is C14H18F2N2O. The van der Waals surface area contributed by atoms with Crippen molar-refractivity contribution in [3.05, 3.63) is 35.4 Å². The normalized spacial score (nSPS) is 23.1. The highest BCUT2D eigenvalue weighted by Crippen LogP contribution is 2.24. The Morgan fingerprint density at radius 1 is 1.32 bits per heavy atom. The van der Waals surface area contributed by atoms with Crippen molar-refractivity contribution in [3.8, 4) is 0 Å². The molecule has 3 N–H and O–H groups in total. The molecule has 1 saturated carbocycles. The largest absolute Gasteiger partial charge is 0.349 e. The van der Waals surface area contributed by atoms with Crippen molar-refractivity contribution in [1.29, 1.82) is 0 Å². The first-order chi connectivity index (χ1) is 9.13. The minimum atomic E-state index is -1.10. The highest BCUT2D eigenvalue weighted by Gasteiger charge is 2.26. The number of hydrogen-bond donors (Lipinski definition) is 2. The molecule has 1 aromatic rings. The van der Waals surface area contributed by atoms with E-state index in [4.69, 9.17) is 5.73 Å². The summed E-state index contributed by atoms with van der Waals surface area (Å²) in [5.74, 6) is -2.46. The van der Waals surface area contributed by atoms with Crippen LogP contribution in [0, 0.1) is 17.6 Å². The fraction of sp³-hybridized carbons (Fsp3) is 0.500. The summed E-state index contributed by atoms with van der Waals surface area (Å²) in [5.41, 5.74) is 5.43. The maximum atomic E-state index is 13.5. The van der Waals surface area contributed by atoms with E-state index < -0.39 is 17.5 Å². The van der Waals surface area contributed by atoms with Crippen LogP contribution in [0.3, 0.4) is 0 Å². The van der Waals surface area contributed by atoms with Crippen LogP contribution in [0.15, 0.2) is 18.2 Å². The van der Waals surface area contributed by atoms with Gasteiger partial charge in [-0.2, -0.15) is 0 Å². The molecule has 1 aliphatic carbocycles. The van der Waals surface area contributed by atoms with Crippen molar-refractivity contribution < 1.29 is 13.6 Å². The Hall–Kier alpha value is -1.49. The smallest absolute Gasteiger partial charge is 0.254 e. The number of nitrogens with two attached hydrogens (primary N) is 1. The first-order valence-electron chi connectivity index (χ1n) is 6.58. The molecule has 104 valence electrons. The van der Waals surface area contributed by atoms with Crippen molar-refractivity contribution in [2.24, 2.45) is 11.7 Å². The third-order valence-corrected chi connectivity index (χ3v) is 3.72. The highest BCUT2D eigenvalue weighted by molar-refractivity contribution is 5.94. The summed E-state index contributed by atoms with van der Waals surface area (Å²) >= 11 is 0. The zero-order chi connectivity index (χ0) is 13.8. The van der Waals surface area contributed by atoms with Crippen molar-refractivity contribution >= 4 is 5.91 Å². The molecule has 0 aliphatic heterocycles. The Morgan fingerprint density at radius 3 is 2.79 bits per heavy atom. The van der Waals surface area contributed by atoms with Crippen LogP contribution < -0.4 is 11.1 Å². The van der Waals surface area contributed by atoms with E-state index in [0.717, 1.165) is 31.7 Å². The van der Waals surface area contributed by atoms with Gasteiger partial charge in [-0.25, -0.2) is 8.78 Å². The first-order valence-corrected chi connectivity index (χ1v) is 6.58. The molecule has 0 aromatic heterocycles. The van der Waals surface area contributed by atoms with Crippen molar-refractivity contribution in [1.82, 2.24) is 5.32 Å². The molecule has 0 spiro atoms. The monoisotopic (exact) mass is 268 g/mol. The summed E-state index contributed by atoms with van der Waals surface area (Å²) in [7, 11) is 0. The average Bonchev–Trinajstić information content (AvgIpc) is 2.42. The van der Waals surface area contributed by atoms with Crippen LogP contribution in [-0.2, 0) is 0 Å². The summed E-state index contributed by atoms with van der Waals surface area (Å²) in [4.78, 5) is 12.0. The van der Waals surface area contributed by atoms with Gasteiger partial charge in [0.1, 0.15) is 0 Å².